The number of nitrogens with zero attached hydrogens (tertiary/aromatic N) is 1. The maximum absolute atomic E-state index is 12.7. The van der Waals surface area contributed by atoms with Gasteiger partial charge < -0.3 is 25.4 Å². The Balaban J connectivity index is 2.68. The Morgan fingerprint density at radius 2 is 1.29 bits per heavy atom. The van der Waals surface area contributed by atoms with Gasteiger partial charge in [0.15, 0.2) is 0 Å². The molecule has 0 saturated carbocycles. The molecule has 0 bridgehead atoms. The summed E-state index contributed by atoms with van der Waals surface area (Å²) in [5, 5.41) is 20.6. The molecule has 0 aliphatic heterocycles. The molecule has 0 heterocycles. The van der Waals surface area contributed by atoms with E-state index in [-0.39, 0.29) is 35.7 Å². The molecule has 2 rings (SSSR count). The van der Waals surface area contributed by atoms with Crippen molar-refractivity contribution in [1.82, 2.24) is 4.90 Å². The van der Waals surface area contributed by atoms with Gasteiger partial charge in [0.25, 0.3) is 0 Å². The van der Waals surface area contributed by atoms with Crippen molar-refractivity contribution >= 4 is 11.9 Å². The Bertz CT molecular complexity index is 760. The smallest absolute Gasteiger partial charge is 0.327 e. The summed E-state index contributed by atoms with van der Waals surface area (Å²) in [6, 6.07) is 10.2. The Hall–Kier alpha value is -3.10. The zero-order valence-electron chi connectivity index (χ0n) is 15.7. The number of phenolic OH excluding ortho intramolecular Hbond substituents is 2. The van der Waals surface area contributed by atoms with Gasteiger partial charge >= 0.3 is 11.9 Å². The Morgan fingerprint density at radius 3 is 1.61 bits per heavy atom. The second kappa shape index (κ2) is 9.72. The second-order valence-corrected chi connectivity index (χ2v) is 6.00. The fraction of sp³-hybridized carbons (Fsp3) is 0.300. The number of para-hydroxylation sites is 2. The van der Waals surface area contributed by atoms with Crippen molar-refractivity contribution in [2.75, 3.05) is 27.3 Å². The first-order valence-corrected chi connectivity index (χ1v) is 8.63. The van der Waals surface area contributed by atoms with Gasteiger partial charge in [0.2, 0.25) is 0 Å². The number of carbonyl (C=O) groups is 2. The number of esters is 2. The number of phenols is 2. The van der Waals surface area contributed by atoms with Gasteiger partial charge in [-0.1, -0.05) is 36.4 Å². The monoisotopic (exact) mass is 388 g/mol. The highest BCUT2D eigenvalue weighted by Gasteiger charge is 2.40. The zero-order valence-corrected chi connectivity index (χ0v) is 15.7. The highest BCUT2D eigenvalue weighted by molar-refractivity contribution is 5.82. The first-order valence-electron chi connectivity index (χ1n) is 8.63. The van der Waals surface area contributed by atoms with Crippen LogP contribution in [0.15, 0.2) is 48.5 Å². The predicted molar refractivity (Wildman–Crippen MR) is 101 cm³/mol. The molecule has 4 N–H and O–H groups in total. The lowest BCUT2D eigenvalue weighted by atomic mass is 9.97. The molecule has 28 heavy (non-hydrogen) atoms. The van der Waals surface area contributed by atoms with E-state index in [1.807, 2.05) is 0 Å². The summed E-state index contributed by atoms with van der Waals surface area (Å²) in [6.07, 6.45) is 0. The topological polar surface area (TPSA) is 122 Å². The molecule has 0 aliphatic rings. The van der Waals surface area contributed by atoms with Gasteiger partial charge in [0.1, 0.15) is 23.6 Å². The van der Waals surface area contributed by atoms with Crippen molar-refractivity contribution in [3.8, 4) is 11.5 Å². The van der Waals surface area contributed by atoms with Crippen molar-refractivity contribution in [3.05, 3.63) is 59.7 Å². The van der Waals surface area contributed by atoms with Crippen molar-refractivity contribution in [3.63, 3.8) is 0 Å². The number of benzene rings is 2. The van der Waals surface area contributed by atoms with Crippen molar-refractivity contribution in [1.29, 1.82) is 0 Å². The number of aromatic hydroxyl groups is 2. The van der Waals surface area contributed by atoms with Gasteiger partial charge in [0.05, 0.1) is 14.2 Å². The van der Waals surface area contributed by atoms with E-state index in [0.29, 0.717) is 0 Å². The van der Waals surface area contributed by atoms with Crippen molar-refractivity contribution in [2.24, 2.45) is 5.73 Å². The molecular weight excluding hydrogens is 364 g/mol. The van der Waals surface area contributed by atoms with E-state index in [4.69, 9.17) is 15.2 Å². The predicted octanol–water partition coefficient (Wildman–Crippen LogP) is 1.49. The van der Waals surface area contributed by atoms with Crippen LogP contribution in [0.2, 0.25) is 0 Å². The van der Waals surface area contributed by atoms with Crippen LogP contribution in [0.1, 0.15) is 23.2 Å². The summed E-state index contributed by atoms with van der Waals surface area (Å²) in [5.41, 5.74) is 6.23. The van der Waals surface area contributed by atoms with Crippen LogP contribution in [0, 0.1) is 0 Å². The van der Waals surface area contributed by atoms with Crippen molar-refractivity contribution in [2.45, 2.75) is 12.1 Å². The standard InChI is InChI=1S/C20H24N2O6/c1-27-19(25)17(13-7-3-5-9-15(13)23)22(12-11-21)18(20(26)28-2)14-8-4-6-10-16(14)24/h3-10,17-18,23-24H,11-12,21H2,1-2H3. The van der Waals surface area contributed by atoms with Crippen LogP contribution in [0.5, 0.6) is 11.5 Å². The van der Waals surface area contributed by atoms with Crippen LogP contribution >= 0.6 is 0 Å². The van der Waals surface area contributed by atoms with Crippen LogP contribution in [-0.4, -0.2) is 54.4 Å². The average molecular weight is 388 g/mol. The Morgan fingerprint density at radius 1 is 0.893 bits per heavy atom. The highest BCUT2D eigenvalue weighted by Crippen LogP contribution is 2.38. The lowest BCUT2D eigenvalue weighted by Crippen LogP contribution is -2.44. The van der Waals surface area contributed by atoms with Gasteiger partial charge in [-0.15, -0.1) is 0 Å². The first-order chi connectivity index (χ1) is 13.5. The summed E-state index contributed by atoms with van der Waals surface area (Å²) in [5.74, 6) is -1.67. The maximum atomic E-state index is 12.7. The quantitative estimate of drug-likeness (QED) is 0.582. The molecule has 0 amide bonds. The zero-order chi connectivity index (χ0) is 20.7. The van der Waals surface area contributed by atoms with Gasteiger partial charge in [-0.05, 0) is 12.1 Å². The lowest BCUT2D eigenvalue weighted by Gasteiger charge is -2.35. The molecule has 8 nitrogen and oxygen atoms in total. The molecule has 0 saturated heterocycles. The number of ether oxygens (including phenoxy) is 2. The van der Waals surface area contributed by atoms with Crippen LogP contribution in [0.25, 0.3) is 0 Å². The van der Waals surface area contributed by atoms with E-state index in [1.165, 1.54) is 31.3 Å². The summed E-state index contributed by atoms with van der Waals surface area (Å²) < 4.78 is 9.86. The molecule has 2 aromatic carbocycles. The van der Waals surface area contributed by atoms with Gasteiger partial charge in [-0.3, -0.25) is 4.90 Å². The van der Waals surface area contributed by atoms with Crippen LogP contribution < -0.4 is 5.73 Å². The molecule has 2 unspecified atom stereocenters. The van der Waals surface area contributed by atoms with Crippen LogP contribution in [0.4, 0.5) is 0 Å². The Labute approximate surface area is 163 Å². The minimum Gasteiger partial charge on any atom is -0.508 e. The highest BCUT2D eigenvalue weighted by atomic mass is 16.5. The molecule has 0 aromatic heterocycles. The van der Waals surface area contributed by atoms with Gasteiger partial charge in [-0.2, -0.15) is 0 Å². The number of hydrogen-bond donors (Lipinski definition) is 3. The number of carbonyl (C=O) groups excluding carboxylic acids is 2. The number of rotatable bonds is 8. The number of nitrogens with two attached hydrogens (primary N) is 1. The fourth-order valence-electron chi connectivity index (χ4n) is 3.10. The molecule has 0 fully saturated rings. The summed E-state index contributed by atoms with van der Waals surface area (Å²) in [7, 11) is 2.42. The molecule has 150 valence electrons. The summed E-state index contributed by atoms with van der Waals surface area (Å²) in [6.45, 7) is 0.185. The van der Waals surface area contributed by atoms with E-state index in [1.54, 1.807) is 36.4 Å². The SMILES string of the molecule is COC(=O)C(c1ccccc1O)N(CCN)C(C(=O)OC)c1ccccc1O. The maximum Gasteiger partial charge on any atom is 0.327 e. The van der Waals surface area contributed by atoms with E-state index in [9.17, 15) is 19.8 Å². The molecule has 2 aromatic rings. The molecule has 2 atom stereocenters. The van der Waals surface area contributed by atoms with E-state index < -0.39 is 24.0 Å². The second-order valence-electron chi connectivity index (χ2n) is 6.00. The molecular formula is C20H24N2O6. The van der Waals surface area contributed by atoms with E-state index in [2.05, 4.69) is 0 Å². The molecule has 8 heteroatoms. The van der Waals surface area contributed by atoms with Gasteiger partial charge in [-0.25, -0.2) is 9.59 Å². The number of hydrogen-bond acceptors (Lipinski definition) is 8. The number of methoxy groups -OCH3 is 2. The van der Waals surface area contributed by atoms with E-state index >= 15 is 0 Å². The third-order valence-corrected chi connectivity index (χ3v) is 4.36. The normalized spacial score (nSPS) is 13.0. The largest absolute Gasteiger partial charge is 0.508 e. The van der Waals surface area contributed by atoms with Crippen molar-refractivity contribution < 1.29 is 29.3 Å². The molecule has 0 spiro atoms. The van der Waals surface area contributed by atoms with Gasteiger partial charge in [0, 0.05) is 24.2 Å². The average Bonchev–Trinajstić information content (AvgIpc) is 2.70. The van der Waals surface area contributed by atoms with Crippen LogP contribution in [-0.2, 0) is 19.1 Å². The first kappa shape index (κ1) is 21.2. The van der Waals surface area contributed by atoms with Crippen LogP contribution in [0.3, 0.4) is 0 Å². The minimum atomic E-state index is -1.15. The third-order valence-electron chi connectivity index (χ3n) is 4.36. The molecule has 0 aliphatic carbocycles. The third kappa shape index (κ3) is 4.41. The fourth-order valence-corrected chi connectivity index (χ4v) is 3.10. The Kier molecular flexibility index (Phi) is 7.36. The molecule has 0 radical (unpaired) electrons. The summed E-state index contributed by atoms with van der Waals surface area (Å²) >= 11 is 0. The lowest BCUT2D eigenvalue weighted by molar-refractivity contribution is -0.155. The summed E-state index contributed by atoms with van der Waals surface area (Å²) in [4.78, 5) is 26.8. The minimum absolute atomic E-state index is 0.0855. The van der Waals surface area contributed by atoms with E-state index in [0.717, 1.165) is 0 Å².